The average Bonchev–Trinajstić information content (AvgIpc) is 2.80. The van der Waals surface area contributed by atoms with Crippen molar-refractivity contribution in [1.82, 2.24) is 9.62 Å². The summed E-state index contributed by atoms with van der Waals surface area (Å²) >= 11 is 0. The van der Waals surface area contributed by atoms with E-state index in [-0.39, 0.29) is 31.9 Å². The lowest BCUT2D eigenvalue weighted by Crippen LogP contribution is -2.53. The molecular weight excluding hydrogens is 522 g/mol. The van der Waals surface area contributed by atoms with Crippen LogP contribution in [0.2, 0.25) is 0 Å². The standard InChI is InChI=1S/C23H25F4N3O6S/c1-23(2,3)36-22(32)28-11-15-12-35-7-6-30(15)37(33,34)19-8-13(4-5-16(19)24)21(31)29-14-9-17(25)20(27)18(26)10-14/h4-5,8-10,15H,6-7,11-12H2,1-3H3,(H,28,32)(H,29,31). The van der Waals surface area contributed by atoms with Gasteiger partial charge in [-0.2, -0.15) is 4.31 Å². The lowest BCUT2D eigenvalue weighted by molar-refractivity contribution is 0.0266. The molecule has 2 aromatic carbocycles. The highest BCUT2D eigenvalue weighted by Gasteiger charge is 2.36. The Balaban J connectivity index is 1.83. The van der Waals surface area contributed by atoms with E-state index < -0.39 is 67.5 Å². The van der Waals surface area contributed by atoms with Gasteiger partial charge in [0.25, 0.3) is 5.91 Å². The second kappa shape index (κ2) is 11.0. The molecule has 1 unspecified atom stereocenters. The number of hydrogen-bond donors (Lipinski definition) is 2. The fraction of sp³-hybridized carbons (Fsp3) is 0.391. The van der Waals surface area contributed by atoms with Crippen LogP contribution < -0.4 is 10.6 Å². The van der Waals surface area contributed by atoms with Gasteiger partial charge >= 0.3 is 6.09 Å². The van der Waals surface area contributed by atoms with Crippen molar-refractivity contribution < 1.29 is 45.0 Å². The number of nitrogens with one attached hydrogen (secondary N) is 2. The number of ether oxygens (including phenoxy) is 2. The van der Waals surface area contributed by atoms with Crippen molar-refractivity contribution in [3.63, 3.8) is 0 Å². The number of sulfonamides is 1. The van der Waals surface area contributed by atoms with Gasteiger partial charge in [-0.25, -0.2) is 30.8 Å². The summed E-state index contributed by atoms with van der Waals surface area (Å²) in [7, 11) is -4.54. The van der Waals surface area contributed by atoms with E-state index in [1.165, 1.54) is 0 Å². The fourth-order valence-corrected chi connectivity index (χ4v) is 5.12. The maximum Gasteiger partial charge on any atom is 0.407 e. The molecule has 0 spiro atoms. The van der Waals surface area contributed by atoms with Crippen LogP contribution in [-0.2, 0) is 19.5 Å². The van der Waals surface area contributed by atoms with Crippen molar-refractivity contribution in [3.05, 3.63) is 59.2 Å². The maximum atomic E-state index is 14.7. The van der Waals surface area contributed by atoms with Gasteiger partial charge in [-0.15, -0.1) is 0 Å². The van der Waals surface area contributed by atoms with Crippen molar-refractivity contribution in [2.45, 2.75) is 37.3 Å². The van der Waals surface area contributed by atoms with Crippen LogP contribution in [-0.4, -0.2) is 62.7 Å². The predicted molar refractivity (Wildman–Crippen MR) is 123 cm³/mol. The molecule has 1 saturated heterocycles. The van der Waals surface area contributed by atoms with Gasteiger partial charge in [-0.1, -0.05) is 0 Å². The monoisotopic (exact) mass is 547 g/mol. The Morgan fingerprint density at radius 2 is 1.73 bits per heavy atom. The lowest BCUT2D eigenvalue weighted by Gasteiger charge is -2.34. The van der Waals surface area contributed by atoms with Crippen molar-refractivity contribution in [3.8, 4) is 0 Å². The number of alkyl carbamates (subject to hydrolysis) is 1. The highest BCUT2D eigenvalue weighted by Crippen LogP contribution is 2.25. The minimum atomic E-state index is -4.54. The summed E-state index contributed by atoms with van der Waals surface area (Å²) in [4.78, 5) is 23.7. The summed E-state index contributed by atoms with van der Waals surface area (Å²) in [5.41, 5.74) is -1.56. The molecule has 1 aliphatic rings. The minimum Gasteiger partial charge on any atom is -0.444 e. The molecule has 1 heterocycles. The summed E-state index contributed by atoms with van der Waals surface area (Å²) in [5, 5.41) is 4.56. The maximum absolute atomic E-state index is 14.7. The van der Waals surface area contributed by atoms with Gasteiger partial charge in [0.2, 0.25) is 10.0 Å². The molecule has 0 aliphatic carbocycles. The molecule has 3 rings (SSSR count). The Labute approximate surface area is 210 Å². The Bertz CT molecular complexity index is 1280. The van der Waals surface area contributed by atoms with Crippen molar-refractivity contribution >= 4 is 27.7 Å². The zero-order chi connectivity index (χ0) is 27.5. The number of carbonyl (C=O) groups excluding carboxylic acids is 2. The van der Waals surface area contributed by atoms with Gasteiger partial charge in [-0.3, -0.25) is 4.79 Å². The minimum absolute atomic E-state index is 0.00561. The van der Waals surface area contributed by atoms with E-state index in [0.29, 0.717) is 12.1 Å². The zero-order valence-corrected chi connectivity index (χ0v) is 20.9. The molecule has 0 radical (unpaired) electrons. The zero-order valence-electron chi connectivity index (χ0n) is 20.1. The summed E-state index contributed by atoms with van der Waals surface area (Å²) in [6, 6.07) is 2.65. The molecule has 0 bridgehead atoms. The molecular formula is C23H25F4N3O6S. The van der Waals surface area contributed by atoms with E-state index in [4.69, 9.17) is 9.47 Å². The van der Waals surface area contributed by atoms with Crippen LogP contribution in [0, 0.1) is 23.3 Å². The summed E-state index contributed by atoms with van der Waals surface area (Å²) in [6.07, 6.45) is -0.783. The van der Waals surface area contributed by atoms with Gasteiger partial charge in [0.15, 0.2) is 17.5 Å². The van der Waals surface area contributed by atoms with E-state index in [1.54, 1.807) is 20.8 Å². The third kappa shape index (κ3) is 6.96. The number of anilines is 1. The van der Waals surface area contributed by atoms with Crippen LogP contribution in [0.4, 0.5) is 28.0 Å². The number of benzene rings is 2. The number of halogens is 4. The smallest absolute Gasteiger partial charge is 0.407 e. The lowest BCUT2D eigenvalue weighted by atomic mass is 10.2. The Morgan fingerprint density at radius 3 is 2.35 bits per heavy atom. The topological polar surface area (TPSA) is 114 Å². The normalized spacial score (nSPS) is 16.8. The number of amides is 2. The second-order valence-electron chi connectivity index (χ2n) is 9.08. The summed E-state index contributed by atoms with van der Waals surface area (Å²) in [6.45, 7) is 4.51. The first-order valence-electron chi connectivity index (χ1n) is 11.0. The number of rotatable bonds is 6. The molecule has 14 heteroatoms. The van der Waals surface area contributed by atoms with Gasteiger partial charge in [0.1, 0.15) is 16.3 Å². The van der Waals surface area contributed by atoms with E-state index in [0.717, 1.165) is 22.5 Å². The number of hydrogen-bond acceptors (Lipinski definition) is 6. The average molecular weight is 548 g/mol. The Morgan fingerprint density at radius 1 is 1.08 bits per heavy atom. The van der Waals surface area contributed by atoms with Crippen molar-refractivity contribution in [2.24, 2.45) is 0 Å². The molecule has 1 aliphatic heterocycles. The molecule has 37 heavy (non-hydrogen) atoms. The SMILES string of the molecule is CC(C)(C)OC(=O)NCC1COCCN1S(=O)(=O)c1cc(C(=O)Nc2cc(F)c(F)c(F)c2)ccc1F. The van der Waals surface area contributed by atoms with Gasteiger partial charge in [0.05, 0.1) is 19.3 Å². The molecule has 2 amide bonds. The number of morpholine rings is 1. The first kappa shape index (κ1) is 28.3. The Hall–Kier alpha value is -3.23. The van der Waals surface area contributed by atoms with E-state index in [9.17, 15) is 35.6 Å². The highest BCUT2D eigenvalue weighted by molar-refractivity contribution is 7.89. The Kier molecular flexibility index (Phi) is 8.45. The van der Waals surface area contributed by atoms with Crippen LogP contribution in [0.3, 0.4) is 0 Å². The molecule has 0 aromatic heterocycles. The number of carbonyl (C=O) groups is 2. The molecule has 9 nitrogen and oxygen atoms in total. The van der Waals surface area contributed by atoms with Crippen LogP contribution in [0.25, 0.3) is 0 Å². The van der Waals surface area contributed by atoms with Crippen LogP contribution in [0.15, 0.2) is 35.2 Å². The van der Waals surface area contributed by atoms with Gasteiger partial charge in [-0.05, 0) is 39.0 Å². The first-order valence-corrected chi connectivity index (χ1v) is 12.4. The number of nitrogens with zero attached hydrogens (tertiary/aromatic N) is 1. The van der Waals surface area contributed by atoms with Crippen LogP contribution in [0.1, 0.15) is 31.1 Å². The fourth-order valence-electron chi connectivity index (χ4n) is 3.43. The van der Waals surface area contributed by atoms with Crippen molar-refractivity contribution in [2.75, 3.05) is 31.6 Å². The molecule has 1 atom stereocenters. The molecule has 0 saturated carbocycles. The largest absolute Gasteiger partial charge is 0.444 e. The van der Waals surface area contributed by atoms with E-state index in [2.05, 4.69) is 10.6 Å². The van der Waals surface area contributed by atoms with Crippen molar-refractivity contribution in [1.29, 1.82) is 0 Å². The van der Waals surface area contributed by atoms with Crippen LogP contribution >= 0.6 is 0 Å². The molecule has 2 aromatic rings. The second-order valence-corrected chi connectivity index (χ2v) is 10.9. The summed E-state index contributed by atoms with van der Waals surface area (Å²) < 4.78 is 92.9. The van der Waals surface area contributed by atoms with E-state index >= 15 is 0 Å². The highest BCUT2D eigenvalue weighted by atomic mass is 32.2. The predicted octanol–water partition coefficient (Wildman–Crippen LogP) is 3.41. The third-order valence-corrected chi connectivity index (χ3v) is 7.04. The first-order chi connectivity index (χ1) is 17.2. The van der Waals surface area contributed by atoms with Crippen LogP contribution in [0.5, 0.6) is 0 Å². The third-order valence-electron chi connectivity index (χ3n) is 5.08. The molecule has 2 N–H and O–H groups in total. The van der Waals surface area contributed by atoms with E-state index in [1.807, 2.05) is 0 Å². The van der Waals surface area contributed by atoms with Gasteiger partial charge < -0.3 is 20.1 Å². The molecule has 1 fully saturated rings. The quantitative estimate of drug-likeness (QED) is 0.423. The molecule has 202 valence electrons. The van der Waals surface area contributed by atoms with Gasteiger partial charge in [0, 0.05) is 36.5 Å². The summed E-state index contributed by atoms with van der Waals surface area (Å²) in [5.74, 6) is -6.99.